The molecule has 0 saturated heterocycles. The van der Waals surface area contributed by atoms with Gasteiger partial charge in [0.05, 0.1) is 22.5 Å². The molecule has 21 heavy (non-hydrogen) atoms. The minimum absolute atomic E-state index is 0.111. The van der Waals surface area contributed by atoms with E-state index in [0.717, 1.165) is 24.3 Å². The second kappa shape index (κ2) is 5.28. The van der Waals surface area contributed by atoms with Crippen LogP contribution in [-0.4, -0.2) is 28.9 Å². The molecular formula is C14H14N4O3. The minimum Gasteiger partial charge on any atom is -0.383 e. The van der Waals surface area contributed by atoms with Gasteiger partial charge in [0.2, 0.25) is 0 Å². The molecule has 108 valence electrons. The predicted octanol–water partition coefficient (Wildman–Crippen LogP) is 2.39. The Bertz CT molecular complexity index is 695. The van der Waals surface area contributed by atoms with Crippen LogP contribution in [0.25, 0.3) is 0 Å². The van der Waals surface area contributed by atoms with Gasteiger partial charge in [0.15, 0.2) is 0 Å². The fraction of sp³-hybridized carbons (Fsp3) is 0.214. The van der Waals surface area contributed by atoms with Crippen LogP contribution >= 0.6 is 0 Å². The highest BCUT2D eigenvalue weighted by atomic mass is 16.6. The van der Waals surface area contributed by atoms with E-state index in [2.05, 4.69) is 10.3 Å². The van der Waals surface area contributed by atoms with Crippen LogP contribution in [0.1, 0.15) is 16.9 Å². The van der Waals surface area contributed by atoms with E-state index in [1.54, 1.807) is 4.90 Å². The van der Waals surface area contributed by atoms with E-state index in [4.69, 9.17) is 0 Å². The van der Waals surface area contributed by atoms with E-state index in [1.165, 1.54) is 12.3 Å². The van der Waals surface area contributed by atoms with Crippen molar-refractivity contribution in [3.05, 3.63) is 52.3 Å². The molecule has 0 spiro atoms. The van der Waals surface area contributed by atoms with E-state index < -0.39 is 4.92 Å². The summed E-state index contributed by atoms with van der Waals surface area (Å²) in [4.78, 5) is 27.1. The lowest BCUT2D eigenvalue weighted by atomic mass is 10.2. The summed E-state index contributed by atoms with van der Waals surface area (Å²) in [6, 6.07) is 8.81. The molecule has 0 unspecified atom stereocenters. The number of fused-ring (bicyclic) bond motifs is 1. The number of H-pyrrole nitrogens is 1. The maximum absolute atomic E-state index is 12.6. The number of aromatic amines is 1. The number of nitrogens with one attached hydrogen (secondary N) is 2. The van der Waals surface area contributed by atoms with Crippen LogP contribution in [0.3, 0.4) is 0 Å². The van der Waals surface area contributed by atoms with E-state index in [1.807, 2.05) is 24.3 Å². The molecule has 0 bridgehead atoms. The molecule has 1 aromatic heterocycles. The zero-order chi connectivity index (χ0) is 14.8. The summed E-state index contributed by atoms with van der Waals surface area (Å²) in [5, 5.41) is 14.0. The molecule has 7 heteroatoms. The van der Waals surface area contributed by atoms with E-state index in [0.29, 0.717) is 6.54 Å². The Labute approximate surface area is 120 Å². The summed E-state index contributed by atoms with van der Waals surface area (Å²) < 4.78 is 0. The zero-order valence-corrected chi connectivity index (χ0v) is 11.2. The van der Waals surface area contributed by atoms with Crippen molar-refractivity contribution in [2.75, 3.05) is 23.3 Å². The van der Waals surface area contributed by atoms with Crippen molar-refractivity contribution in [3.8, 4) is 0 Å². The summed E-state index contributed by atoms with van der Waals surface area (Å²) in [5.41, 5.74) is 1.79. The normalized spacial score (nSPS) is 14.0. The molecule has 7 nitrogen and oxygen atoms in total. The summed E-state index contributed by atoms with van der Waals surface area (Å²) in [6.45, 7) is 1.35. The van der Waals surface area contributed by atoms with Crippen molar-refractivity contribution in [1.82, 2.24) is 4.98 Å². The second-order valence-corrected chi connectivity index (χ2v) is 4.78. The van der Waals surface area contributed by atoms with E-state index >= 15 is 0 Å². The Morgan fingerprint density at radius 3 is 2.90 bits per heavy atom. The van der Waals surface area contributed by atoms with Gasteiger partial charge in [-0.2, -0.15) is 0 Å². The lowest BCUT2D eigenvalue weighted by Gasteiger charge is -2.21. The number of amides is 1. The largest absolute Gasteiger partial charge is 0.383 e. The summed E-state index contributed by atoms with van der Waals surface area (Å²) in [5.74, 6) is -0.265. The molecule has 3 rings (SSSR count). The molecule has 2 aromatic rings. The third kappa shape index (κ3) is 2.45. The third-order valence-corrected chi connectivity index (χ3v) is 3.42. The van der Waals surface area contributed by atoms with Crippen LogP contribution in [0, 0.1) is 10.1 Å². The van der Waals surface area contributed by atoms with Gasteiger partial charge in [-0.25, -0.2) is 0 Å². The fourth-order valence-electron chi connectivity index (χ4n) is 2.41. The number of rotatable bonds is 2. The Morgan fingerprint density at radius 1 is 1.33 bits per heavy atom. The molecular weight excluding hydrogens is 272 g/mol. The highest BCUT2D eigenvalue weighted by molar-refractivity contribution is 6.07. The van der Waals surface area contributed by atoms with Crippen LogP contribution in [0.5, 0.6) is 0 Å². The number of hydrogen-bond acceptors (Lipinski definition) is 4. The number of nitrogens with zero attached hydrogens (tertiary/aromatic N) is 2. The third-order valence-electron chi connectivity index (χ3n) is 3.42. The molecule has 0 saturated carbocycles. The molecule has 0 atom stereocenters. The lowest BCUT2D eigenvalue weighted by molar-refractivity contribution is -0.384. The average molecular weight is 286 g/mol. The molecule has 1 amide bonds. The van der Waals surface area contributed by atoms with Gasteiger partial charge in [-0.3, -0.25) is 14.9 Å². The number of carbonyl (C=O) groups is 1. The molecule has 1 aromatic carbocycles. The Morgan fingerprint density at radius 2 is 2.14 bits per heavy atom. The standard InChI is InChI=1S/C14H14N4O3/c19-14(12-8-10(9-16-12)18(20)21)17-7-3-6-15-11-4-1-2-5-13(11)17/h1-2,4-5,8-9,15-16H,3,6-7H2. The molecule has 2 heterocycles. The molecule has 0 aliphatic carbocycles. The maximum Gasteiger partial charge on any atom is 0.287 e. The average Bonchev–Trinajstić information content (AvgIpc) is 2.88. The van der Waals surface area contributed by atoms with Gasteiger partial charge in [-0.1, -0.05) is 12.1 Å². The maximum atomic E-state index is 12.6. The Kier molecular flexibility index (Phi) is 3.31. The first-order valence-corrected chi connectivity index (χ1v) is 6.64. The number of carbonyl (C=O) groups excluding carboxylic acids is 1. The van der Waals surface area contributed by atoms with Gasteiger partial charge in [0.25, 0.3) is 11.6 Å². The molecule has 0 radical (unpaired) electrons. The second-order valence-electron chi connectivity index (χ2n) is 4.78. The van der Waals surface area contributed by atoms with Crippen molar-refractivity contribution in [3.63, 3.8) is 0 Å². The fourth-order valence-corrected chi connectivity index (χ4v) is 2.41. The van der Waals surface area contributed by atoms with Crippen LogP contribution in [0.15, 0.2) is 36.5 Å². The first kappa shape index (κ1) is 13.2. The minimum atomic E-state index is -0.523. The Hall–Kier alpha value is -2.83. The van der Waals surface area contributed by atoms with Crippen LogP contribution in [0.2, 0.25) is 0 Å². The highest BCUT2D eigenvalue weighted by Gasteiger charge is 2.24. The summed E-state index contributed by atoms with van der Waals surface area (Å²) in [7, 11) is 0. The summed E-state index contributed by atoms with van der Waals surface area (Å²) >= 11 is 0. The number of aromatic nitrogens is 1. The topological polar surface area (TPSA) is 91.3 Å². The van der Waals surface area contributed by atoms with Gasteiger partial charge in [0.1, 0.15) is 5.69 Å². The molecule has 0 fully saturated rings. The molecule has 1 aliphatic rings. The predicted molar refractivity (Wildman–Crippen MR) is 78.7 cm³/mol. The SMILES string of the molecule is O=C(c1cc([N+](=O)[O-])c[nH]1)N1CCCNc2ccccc21. The van der Waals surface area contributed by atoms with Gasteiger partial charge in [0, 0.05) is 19.2 Å². The lowest BCUT2D eigenvalue weighted by Crippen LogP contribution is -2.31. The van der Waals surface area contributed by atoms with Crippen molar-refractivity contribution in [1.29, 1.82) is 0 Å². The van der Waals surface area contributed by atoms with Crippen molar-refractivity contribution in [2.24, 2.45) is 0 Å². The zero-order valence-electron chi connectivity index (χ0n) is 11.2. The molecule has 2 N–H and O–H groups in total. The number of anilines is 2. The highest BCUT2D eigenvalue weighted by Crippen LogP contribution is 2.29. The monoisotopic (exact) mass is 286 g/mol. The number of hydrogen-bond donors (Lipinski definition) is 2. The van der Waals surface area contributed by atoms with Crippen LogP contribution in [-0.2, 0) is 0 Å². The molecule has 1 aliphatic heterocycles. The van der Waals surface area contributed by atoms with E-state index in [9.17, 15) is 14.9 Å². The van der Waals surface area contributed by atoms with Crippen molar-refractivity contribution in [2.45, 2.75) is 6.42 Å². The Balaban J connectivity index is 1.95. The first-order valence-electron chi connectivity index (χ1n) is 6.64. The van der Waals surface area contributed by atoms with Gasteiger partial charge in [-0.05, 0) is 18.6 Å². The summed E-state index contributed by atoms with van der Waals surface area (Å²) in [6.07, 6.45) is 2.04. The van der Waals surface area contributed by atoms with Crippen molar-refractivity contribution >= 4 is 23.0 Å². The van der Waals surface area contributed by atoms with Crippen molar-refractivity contribution < 1.29 is 9.72 Å². The van der Waals surface area contributed by atoms with Gasteiger partial charge < -0.3 is 15.2 Å². The quantitative estimate of drug-likeness (QED) is 0.655. The van der Waals surface area contributed by atoms with Crippen LogP contribution in [0.4, 0.5) is 17.1 Å². The number of benzene rings is 1. The number of para-hydroxylation sites is 2. The first-order chi connectivity index (χ1) is 10.2. The smallest absolute Gasteiger partial charge is 0.287 e. The number of nitro groups is 1. The van der Waals surface area contributed by atoms with Crippen LogP contribution < -0.4 is 10.2 Å². The van der Waals surface area contributed by atoms with Gasteiger partial charge in [-0.15, -0.1) is 0 Å². The van der Waals surface area contributed by atoms with E-state index in [-0.39, 0.29) is 17.3 Å². The van der Waals surface area contributed by atoms with Gasteiger partial charge >= 0.3 is 0 Å².